The zero-order valence-electron chi connectivity index (χ0n) is 17.1. The van der Waals surface area contributed by atoms with Gasteiger partial charge in [-0.2, -0.15) is 0 Å². The fourth-order valence-electron chi connectivity index (χ4n) is 3.71. The van der Waals surface area contributed by atoms with E-state index in [9.17, 15) is 0 Å². The number of hydrogen-bond acceptors (Lipinski definition) is 4. The van der Waals surface area contributed by atoms with E-state index in [0.717, 1.165) is 38.5 Å². The zero-order chi connectivity index (χ0) is 20.2. The van der Waals surface area contributed by atoms with Gasteiger partial charge in [-0.15, -0.1) is 0 Å². The van der Waals surface area contributed by atoms with Gasteiger partial charge in [-0.1, -0.05) is 48.5 Å². The lowest BCUT2D eigenvalue weighted by Crippen LogP contribution is -2.41. The molecular weight excluding hydrogens is 359 g/mol. The van der Waals surface area contributed by atoms with Crippen LogP contribution in [0.15, 0.2) is 66.9 Å². The van der Waals surface area contributed by atoms with Gasteiger partial charge in [-0.05, 0) is 50.9 Å². The van der Waals surface area contributed by atoms with Crippen molar-refractivity contribution >= 4 is 34.4 Å². The lowest BCUT2D eigenvalue weighted by molar-refractivity contribution is 0.00578. The van der Waals surface area contributed by atoms with Crippen LogP contribution < -0.4 is 5.46 Å². The van der Waals surface area contributed by atoms with Gasteiger partial charge in [0, 0.05) is 17.0 Å². The molecule has 0 radical (unpaired) electrons. The molecule has 0 spiro atoms. The van der Waals surface area contributed by atoms with Crippen molar-refractivity contribution in [2.24, 2.45) is 0 Å². The normalized spacial score (nSPS) is 17.9. The van der Waals surface area contributed by atoms with Gasteiger partial charge in [-0.3, -0.25) is 4.98 Å². The highest BCUT2D eigenvalue weighted by Crippen LogP contribution is 2.36. The Morgan fingerprint density at radius 2 is 1.45 bits per heavy atom. The lowest BCUT2D eigenvalue weighted by atomic mass is 9.78. The van der Waals surface area contributed by atoms with Crippen molar-refractivity contribution in [1.29, 1.82) is 0 Å². The van der Waals surface area contributed by atoms with Gasteiger partial charge in [0.1, 0.15) is 0 Å². The third-order valence-electron chi connectivity index (χ3n) is 6.14. The molecule has 2 aromatic carbocycles. The van der Waals surface area contributed by atoms with Crippen LogP contribution >= 0.6 is 0 Å². The first kappa shape index (κ1) is 18.3. The summed E-state index contributed by atoms with van der Waals surface area (Å²) in [5.41, 5.74) is 4.06. The molecule has 0 aliphatic carbocycles. The monoisotopic (exact) mass is 382 g/mol. The summed E-state index contributed by atoms with van der Waals surface area (Å²) in [5, 5.41) is 2.18. The molecule has 1 aliphatic rings. The fourth-order valence-corrected chi connectivity index (χ4v) is 3.71. The minimum Gasteiger partial charge on any atom is -0.399 e. The fraction of sp³-hybridized carbons (Fsp3) is 0.250. The SMILES string of the molecule is CC1(C)OB(c2cccc(-c3ccc4ccc5cccnc5c4n3)c2)OC1(C)C. The van der Waals surface area contributed by atoms with Gasteiger partial charge in [0.05, 0.1) is 27.9 Å². The van der Waals surface area contributed by atoms with Gasteiger partial charge in [-0.25, -0.2) is 4.98 Å². The second kappa shape index (κ2) is 6.38. The first-order valence-electron chi connectivity index (χ1n) is 9.95. The van der Waals surface area contributed by atoms with E-state index >= 15 is 0 Å². The molecule has 29 heavy (non-hydrogen) atoms. The van der Waals surface area contributed by atoms with E-state index in [-0.39, 0.29) is 18.3 Å². The summed E-state index contributed by atoms with van der Waals surface area (Å²) in [6, 6.07) is 20.6. The molecule has 0 bridgehead atoms. The first-order chi connectivity index (χ1) is 13.8. The molecule has 0 N–H and O–H groups in total. The summed E-state index contributed by atoms with van der Waals surface area (Å²) in [5.74, 6) is 0. The molecule has 0 unspecified atom stereocenters. The van der Waals surface area contributed by atoms with Crippen LogP contribution in [0.4, 0.5) is 0 Å². The van der Waals surface area contributed by atoms with Gasteiger partial charge >= 0.3 is 7.12 Å². The molecule has 144 valence electrons. The van der Waals surface area contributed by atoms with Crippen LogP contribution in [0.1, 0.15) is 27.7 Å². The second-order valence-electron chi connectivity index (χ2n) is 8.62. The molecule has 2 aromatic heterocycles. The van der Waals surface area contributed by atoms with E-state index in [1.807, 2.05) is 24.4 Å². The smallest absolute Gasteiger partial charge is 0.399 e. The van der Waals surface area contributed by atoms with Crippen molar-refractivity contribution in [2.45, 2.75) is 38.9 Å². The average molecular weight is 382 g/mol. The predicted octanol–water partition coefficient (Wildman–Crippen LogP) is 4.75. The summed E-state index contributed by atoms with van der Waals surface area (Å²) in [4.78, 5) is 9.51. The van der Waals surface area contributed by atoms with E-state index < -0.39 is 0 Å². The molecule has 0 amide bonds. The minimum absolute atomic E-state index is 0.362. The topological polar surface area (TPSA) is 44.2 Å². The van der Waals surface area contributed by atoms with Gasteiger partial charge in [0.25, 0.3) is 0 Å². The Kier molecular flexibility index (Phi) is 4.02. The number of hydrogen-bond donors (Lipinski definition) is 0. The molecular formula is C24H23BN2O2. The van der Waals surface area contributed by atoms with Crippen molar-refractivity contribution < 1.29 is 9.31 Å². The Balaban J connectivity index is 1.58. The van der Waals surface area contributed by atoms with Crippen LogP contribution in [0.3, 0.4) is 0 Å². The summed E-state index contributed by atoms with van der Waals surface area (Å²) in [7, 11) is -0.386. The predicted molar refractivity (Wildman–Crippen MR) is 118 cm³/mol. The van der Waals surface area contributed by atoms with E-state index in [1.54, 1.807) is 0 Å². The Labute approximate surface area is 171 Å². The summed E-state index contributed by atoms with van der Waals surface area (Å²) < 4.78 is 12.4. The van der Waals surface area contributed by atoms with Crippen molar-refractivity contribution in [3.63, 3.8) is 0 Å². The molecule has 4 aromatic rings. The molecule has 1 aliphatic heterocycles. The Hall–Kier alpha value is -2.76. The van der Waals surface area contributed by atoms with Crippen molar-refractivity contribution in [2.75, 3.05) is 0 Å². The zero-order valence-corrected chi connectivity index (χ0v) is 17.1. The van der Waals surface area contributed by atoms with E-state index in [2.05, 4.69) is 75.1 Å². The molecule has 5 rings (SSSR count). The van der Waals surface area contributed by atoms with E-state index in [4.69, 9.17) is 14.3 Å². The van der Waals surface area contributed by atoms with Gasteiger partial charge in [0.15, 0.2) is 0 Å². The van der Waals surface area contributed by atoms with Crippen LogP contribution in [0.2, 0.25) is 0 Å². The van der Waals surface area contributed by atoms with Gasteiger partial charge in [0.2, 0.25) is 0 Å². The second-order valence-corrected chi connectivity index (χ2v) is 8.62. The highest BCUT2D eigenvalue weighted by atomic mass is 16.7. The number of nitrogens with zero attached hydrogens (tertiary/aromatic N) is 2. The van der Waals surface area contributed by atoms with Crippen molar-refractivity contribution in [1.82, 2.24) is 9.97 Å². The van der Waals surface area contributed by atoms with Crippen molar-refractivity contribution in [3.05, 3.63) is 66.9 Å². The highest BCUT2D eigenvalue weighted by molar-refractivity contribution is 6.62. The van der Waals surface area contributed by atoms with E-state index in [1.165, 1.54) is 0 Å². The maximum absolute atomic E-state index is 6.22. The number of benzene rings is 2. The number of fused-ring (bicyclic) bond motifs is 3. The quantitative estimate of drug-likeness (QED) is 0.371. The number of rotatable bonds is 2. The van der Waals surface area contributed by atoms with Crippen LogP contribution in [-0.4, -0.2) is 28.3 Å². The summed E-state index contributed by atoms with van der Waals surface area (Å²) in [6.07, 6.45) is 1.81. The third kappa shape index (κ3) is 3.02. The molecule has 5 heteroatoms. The standard InChI is InChI=1S/C24H23BN2O2/c1-23(2)24(3,4)29-25(28-23)19-9-5-7-18(15-19)20-13-12-17-11-10-16-8-6-14-26-21(16)22(17)27-20/h5-15H,1-4H3. The third-order valence-corrected chi connectivity index (χ3v) is 6.14. The Bertz CT molecular complexity index is 1220. The Morgan fingerprint density at radius 3 is 2.21 bits per heavy atom. The maximum Gasteiger partial charge on any atom is 0.494 e. The first-order valence-corrected chi connectivity index (χ1v) is 9.95. The van der Waals surface area contributed by atoms with Gasteiger partial charge < -0.3 is 9.31 Å². The van der Waals surface area contributed by atoms with E-state index in [0.29, 0.717) is 0 Å². The van der Waals surface area contributed by atoms with Crippen LogP contribution in [0.25, 0.3) is 33.1 Å². The lowest BCUT2D eigenvalue weighted by Gasteiger charge is -2.32. The molecule has 0 saturated carbocycles. The van der Waals surface area contributed by atoms with Crippen LogP contribution in [-0.2, 0) is 9.31 Å². The maximum atomic E-state index is 6.22. The summed E-state index contributed by atoms with van der Waals surface area (Å²) >= 11 is 0. The van der Waals surface area contributed by atoms with Crippen LogP contribution in [0.5, 0.6) is 0 Å². The highest BCUT2D eigenvalue weighted by Gasteiger charge is 2.51. The molecule has 1 fully saturated rings. The van der Waals surface area contributed by atoms with Crippen molar-refractivity contribution in [3.8, 4) is 11.3 Å². The summed E-state index contributed by atoms with van der Waals surface area (Å²) in [6.45, 7) is 8.28. The minimum atomic E-state index is -0.386. The molecule has 3 heterocycles. The van der Waals surface area contributed by atoms with Crippen LogP contribution in [0, 0.1) is 0 Å². The molecule has 0 atom stereocenters. The Morgan fingerprint density at radius 1 is 0.759 bits per heavy atom. The molecule has 1 saturated heterocycles. The average Bonchev–Trinajstić information content (AvgIpc) is 2.95. The number of aromatic nitrogens is 2. The molecule has 4 nitrogen and oxygen atoms in total. The largest absolute Gasteiger partial charge is 0.494 e. The number of pyridine rings is 2.